The third-order valence-corrected chi connectivity index (χ3v) is 3.61. The Morgan fingerprint density at radius 2 is 2.00 bits per heavy atom. The predicted molar refractivity (Wildman–Crippen MR) is 74.7 cm³/mol. The molecule has 1 aromatic rings. The average Bonchev–Trinajstić information content (AvgIpc) is 2.39. The minimum atomic E-state index is -0.313. The normalized spacial score (nSPS) is 18.6. The zero-order chi connectivity index (χ0) is 13.8. The molecule has 5 heteroatoms. The van der Waals surface area contributed by atoms with Gasteiger partial charge in [-0.3, -0.25) is 4.90 Å². The summed E-state index contributed by atoms with van der Waals surface area (Å²) in [6, 6.07) is 4.82. The molecular weight excluding hydrogens is 245 g/mol. The topological polar surface area (TPSA) is 52.7 Å². The highest BCUT2D eigenvalue weighted by atomic mass is 19.1. The van der Waals surface area contributed by atoms with E-state index in [0.29, 0.717) is 12.1 Å². The van der Waals surface area contributed by atoms with Gasteiger partial charge in [-0.25, -0.2) is 4.39 Å². The number of aliphatic hydroxyl groups is 1. The molecule has 106 valence electrons. The highest BCUT2D eigenvalue weighted by molar-refractivity contribution is 5.55. The number of rotatable bonds is 4. The molecule has 0 spiro atoms. The second-order valence-corrected chi connectivity index (χ2v) is 5.01. The molecule has 0 bridgehead atoms. The number of aliphatic hydroxyl groups excluding tert-OH is 1. The maximum atomic E-state index is 13.9. The van der Waals surface area contributed by atoms with Crippen LogP contribution in [0.1, 0.15) is 18.5 Å². The summed E-state index contributed by atoms with van der Waals surface area (Å²) in [6.45, 7) is 6.14. The first-order valence-corrected chi connectivity index (χ1v) is 6.75. The Balaban J connectivity index is 2.13. The Labute approximate surface area is 113 Å². The third-order valence-electron chi connectivity index (χ3n) is 3.61. The first-order valence-electron chi connectivity index (χ1n) is 6.75. The molecule has 1 aromatic carbocycles. The molecule has 0 aromatic heterocycles. The molecule has 1 heterocycles. The van der Waals surface area contributed by atoms with Gasteiger partial charge in [0.15, 0.2) is 0 Å². The van der Waals surface area contributed by atoms with Crippen molar-refractivity contribution in [1.29, 1.82) is 0 Å². The lowest BCUT2D eigenvalue weighted by atomic mass is 10.0. The summed E-state index contributed by atoms with van der Waals surface area (Å²) >= 11 is 0. The Morgan fingerprint density at radius 1 is 1.32 bits per heavy atom. The van der Waals surface area contributed by atoms with E-state index in [1.54, 1.807) is 6.07 Å². The molecule has 1 atom stereocenters. The number of nitrogens with two attached hydrogens (primary N) is 1. The van der Waals surface area contributed by atoms with Gasteiger partial charge in [0.1, 0.15) is 5.82 Å². The van der Waals surface area contributed by atoms with Crippen molar-refractivity contribution in [2.24, 2.45) is 5.73 Å². The molecule has 0 radical (unpaired) electrons. The van der Waals surface area contributed by atoms with E-state index in [9.17, 15) is 4.39 Å². The van der Waals surface area contributed by atoms with E-state index in [1.165, 1.54) is 6.07 Å². The summed E-state index contributed by atoms with van der Waals surface area (Å²) in [6.07, 6.45) is 0. The minimum Gasteiger partial charge on any atom is -0.395 e. The van der Waals surface area contributed by atoms with E-state index in [-0.39, 0.29) is 18.5 Å². The van der Waals surface area contributed by atoms with Crippen LogP contribution in [-0.2, 0) is 0 Å². The van der Waals surface area contributed by atoms with E-state index in [2.05, 4.69) is 9.80 Å². The van der Waals surface area contributed by atoms with Gasteiger partial charge in [0.25, 0.3) is 0 Å². The number of benzene rings is 1. The third kappa shape index (κ3) is 3.23. The lowest BCUT2D eigenvalue weighted by Crippen LogP contribution is -2.47. The second kappa shape index (κ2) is 6.32. The number of hydrogen-bond acceptors (Lipinski definition) is 4. The lowest BCUT2D eigenvalue weighted by Gasteiger charge is -2.37. The fourth-order valence-corrected chi connectivity index (χ4v) is 2.61. The number of nitrogens with zero attached hydrogens (tertiary/aromatic N) is 2. The van der Waals surface area contributed by atoms with E-state index < -0.39 is 0 Å². The summed E-state index contributed by atoms with van der Waals surface area (Å²) in [4.78, 5) is 4.39. The van der Waals surface area contributed by atoms with Crippen molar-refractivity contribution in [2.75, 3.05) is 44.2 Å². The summed E-state index contributed by atoms with van der Waals surface area (Å²) in [5.74, 6) is -0.231. The summed E-state index contributed by atoms with van der Waals surface area (Å²) < 4.78 is 13.9. The standard InChI is InChI=1S/C14H22FN3O/c1-11(16)14-12(15)3-2-4-13(14)18-7-5-17(6-8-18)9-10-19/h2-4,11,19H,5-10,16H2,1H3. The zero-order valence-electron chi connectivity index (χ0n) is 11.3. The fourth-order valence-electron chi connectivity index (χ4n) is 2.61. The molecule has 3 N–H and O–H groups in total. The van der Waals surface area contributed by atoms with Crippen molar-refractivity contribution in [3.05, 3.63) is 29.6 Å². The fraction of sp³-hybridized carbons (Fsp3) is 0.571. The molecule has 1 unspecified atom stereocenters. The lowest BCUT2D eigenvalue weighted by molar-refractivity contribution is 0.188. The Bertz CT molecular complexity index is 417. The molecule has 19 heavy (non-hydrogen) atoms. The molecule has 1 fully saturated rings. The Morgan fingerprint density at radius 3 is 2.58 bits per heavy atom. The number of anilines is 1. The van der Waals surface area contributed by atoms with Crippen molar-refractivity contribution < 1.29 is 9.50 Å². The molecule has 1 aliphatic rings. The van der Waals surface area contributed by atoms with Crippen LogP contribution in [0.2, 0.25) is 0 Å². The second-order valence-electron chi connectivity index (χ2n) is 5.01. The van der Waals surface area contributed by atoms with Crippen LogP contribution < -0.4 is 10.6 Å². The van der Waals surface area contributed by atoms with Gasteiger partial charge in [-0.05, 0) is 19.1 Å². The molecular formula is C14H22FN3O. The Kier molecular flexibility index (Phi) is 4.74. The van der Waals surface area contributed by atoms with E-state index in [4.69, 9.17) is 10.8 Å². The maximum Gasteiger partial charge on any atom is 0.130 e. The van der Waals surface area contributed by atoms with Crippen LogP contribution in [0.15, 0.2) is 18.2 Å². The van der Waals surface area contributed by atoms with Crippen LogP contribution in [-0.4, -0.2) is 49.3 Å². The smallest absolute Gasteiger partial charge is 0.130 e. The Hall–Kier alpha value is -1.17. The summed E-state index contributed by atoms with van der Waals surface area (Å²) in [7, 11) is 0. The summed E-state index contributed by atoms with van der Waals surface area (Å²) in [5.41, 5.74) is 7.38. The van der Waals surface area contributed by atoms with Gasteiger partial charge in [0.05, 0.1) is 6.61 Å². The largest absolute Gasteiger partial charge is 0.395 e. The van der Waals surface area contributed by atoms with Gasteiger partial charge in [-0.15, -0.1) is 0 Å². The number of piperazine rings is 1. The van der Waals surface area contributed by atoms with Crippen LogP contribution in [0, 0.1) is 5.82 Å². The predicted octanol–water partition coefficient (Wildman–Crippen LogP) is 0.960. The highest BCUT2D eigenvalue weighted by Crippen LogP contribution is 2.28. The monoisotopic (exact) mass is 267 g/mol. The molecule has 2 rings (SSSR count). The van der Waals surface area contributed by atoms with Gasteiger partial charge >= 0.3 is 0 Å². The molecule has 0 aliphatic carbocycles. The molecule has 4 nitrogen and oxygen atoms in total. The van der Waals surface area contributed by atoms with Gasteiger partial charge in [0.2, 0.25) is 0 Å². The van der Waals surface area contributed by atoms with Gasteiger partial charge in [0, 0.05) is 50.0 Å². The minimum absolute atomic E-state index is 0.186. The van der Waals surface area contributed by atoms with Crippen LogP contribution in [0.25, 0.3) is 0 Å². The molecule has 0 saturated carbocycles. The number of halogens is 1. The average molecular weight is 267 g/mol. The van der Waals surface area contributed by atoms with Crippen molar-refractivity contribution in [1.82, 2.24) is 4.90 Å². The van der Waals surface area contributed by atoms with Crippen LogP contribution in [0.5, 0.6) is 0 Å². The van der Waals surface area contributed by atoms with Gasteiger partial charge < -0.3 is 15.7 Å². The van der Waals surface area contributed by atoms with E-state index in [0.717, 1.165) is 31.9 Å². The van der Waals surface area contributed by atoms with Crippen LogP contribution in [0.4, 0.5) is 10.1 Å². The van der Waals surface area contributed by atoms with E-state index >= 15 is 0 Å². The SMILES string of the molecule is CC(N)c1c(F)cccc1N1CCN(CCO)CC1. The van der Waals surface area contributed by atoms with Gasteiger partial charge in [-0.2, -0.15) is 0 Å². The quantitative estimate of drug-likeness (QED) is 0.853. The maximum absolute atomic E-state index is 13.9. The van der Waals surface area contributed by atoms with Crippen molar-refractivity contribution in [3.63, 3.8) is 0 Å². The first kappa shape index (κ1) is 14.2. The molecule has 0 amide bonds. The van der Waals surface area contributed by atoms with Gasteiger partial charge in [-0.1, -0.05) is 6.07 Å². The highest BCUT2D eigenvalue weighted by Gasteiger charge is 2.21. The zero-order valence-corrected chi connectivity index (χ0v) is 11.3. The van der Waals surface area contributed by atoms with Crippen molar-refractivity contribution in [2.45, 2.75) is 13.0 Å². The molecule has 1 saturated heterocycles. The van der Waals surface area contributed by atoms with Crippen molar-refractivity contribution >= 4 is 5.69 Å². The van der Waals surface area contributed by atoms with E-state index in [1.807, 2.05) is 13.0 Å². The summed E-state index contributed by atoms with van der Waals surface area (Å²) in [5, 5.41) is 8.93. The van der Waals surface area contributed by atoms with Crippen molar-refractivity contribution in [3.8, 4) is 0 Å². The van der Waals surface area contributed by atoms with Crippen LogP contribution in [0.3, 0.4) is 0 Å². The first-order chi connectivity index (χ1) is 9.13. The number of β-amino-alcohol motifs (C(OH)–C–C–N with tert-alkyl or cyclic N) is 1. The number of hydrogen-bond donors (Lipinski definition) is 2. The molecule has 1 aliphatic heterocycles. The van der Waals surface area contributed by atoms with Crippen LogP contribution >= 0.6 is 0 Å².